The summed E-state index contributed by atoms with van der Waals surface area (Å²) in [6.07, 6.45) is 0. The van der Waals surface area contributed by atoms with E-state index in [4.69, 9.17) is 0 Å². The van der Waals surface area contributed by atoms with Gasteiger partial charge in [0.15, 0.2) is 0 Å². The number of hydrogen-bond acceptors (Lipinski definition) is 2. The van der Waals surface area contributed by atoms with E-state index in [1.165, 1.54) is 61.2 Å². The third-order valence-electron chi connectivity index (χ3n) is 17.8. The van der Waals surface area contributed by atoms with E-state index in [1.807, 2.05) is 0 Å². The van der Waals surface area contributed by atoms with Gasteiger partial charge in [-0.15, -0.1) is 0 Å². The predicted octanol–water partition coefficient (Wildman–Crippen LogP) is 23.6. The van der Waals surface area contributed by atoms with Crippen molar-refractivity contribution in [3.05, 3.63) is 385 Å². The summed E-state index contributed by atoms with van der Waals surface area (Å²) in [6.45, 7) is 4.49. The van der Waals surface area contributed by atoms with Crippen LogP contribution in [0.15, 0.2) is 352 Å². The Bertz CT molecular complexity index is 4310. The summed E-state index contributed by atoms with van der Waals surface area (Å²) in [5.41, 5.74) is 29.0. The average molecular weight is 1140 g/mol. The van der Waals surface area contributed by atoms with Gasteiger partial charge in [0.2, 0.25) is 0 Å². The van der Waals surface area contributed by atoms with Crippen molar-refractivity contribution < 1.29 is 0 Å². The Labute approximate surface area is 523 Å². The van der Waals surface area contributed by atoms with E-state index in [-0.39, 0.29) is 0 Å². The smallest absolute Gasteiger partial charge is 0.0715 e. The number of hydrogen-bond donors (Lipinski definition) is 0. The van der Waals surface area contributed by atoms with Gasteiger partial charge in [-0.1, -0.05) is 278 Å². The summed E-state index contributed by atoms with van der Waals surface area (Å²) in [5, 5.41) is 0. The zero-order valence-corrected chi connectivity index (χ0v) is 49.9. The van der Waals surface area contributed by atoms with Crippen LogP contribution in [0.25, 0.3) is 77.9 Å². The monoisotopic (exact) mass is 1140 g/mol. The van der Waals surface area contributed by atoms with Crippen LogP contribution >= 0.6 is 0 Å². The largest absolute Gasteiger partial charge is 0.310 e. The van der Waals surface area contributed by atoms with Crippen molar-refractivity contribution in [2.24, 2.45) is 0 Å². The number of benzene rings is 14. The number of rotatable bonds is 14. The standard InChI is InChI=1S/C87H64N2/c1-61-33-51-83-84-52-34-62(2)54-86(84)87(85(83)53-61,75-56-73(67-29-17-7-18-30-67)55-74(57-75)68-31-19-8-20-32-68)76-58-81(88(77-43-35-69(36-44-77)63-21-9-3-10-22-63)78-45-37-70(38-46-78)64-23-11-4-12-24-64)60-82(59-76)89(79-47-39-71(40-48-79)65-25-13-5-14-26-65)80-49-41-72(42-50-80)66-27-15-6-16-28-66/h3-60H,1-2H3. The molecule has 1 aliphatic carbocycles. The zero-order valence-electron chi connectivity index (χ0n) is 49.9. The van der Waals surface area contributed by atoms with Crippen LogP contribution in [0.1, 0.15) is 33.4 Å². The van der Waals surface area contributed by atoms with E-state index in [0.717, 1.165) is 84.2 Å². The second kappa shape index (κ2) is 23.5. The van der Waals surface area contributed by atoms with Crippen LogP contribution in [0, 0.1) is 13.8 Å². The molecule has 0 aromatic heterocycles. The molecule has 0 saturated heterocycles. The molecule has 422 valence electrons. The minimum Gasteiger partial charge on any atom is -0.310 e. The van der Waals surface area contributed by atoms with Crippen LogP contribution in [0.2, 0.25) is 0 Å². The molecule has 2 heteroatoms. The first kappa shape index (κ1) is 54.3. The fourth-order valence-corrected chi connectivity index (χ4v) is 13.5. The van der Waals surface area contributed by atoms with Crippen LogP contribution in [-0.2, 0) is 5.41 Å². The fraction of sp³-hybridized carbons (Fsp3) is 0.0345. The maximum Gasteiger partial charge on any atom is 0.0715 e. The Hall–Kier alpha value is -11.3. The first-order chi connectivity index (χ1) is 43.9. The Balaban J connectivity index is 1.06. The SMILES string of the molecule is Cc1ccc2c(c1)C(c1cc(-c3ccccc3)cc(-c3ccccc3)c1)(c1cc(N(c3ccc(-c4ccccc4)cc3)c3ccc(-c4ccccc4)cc3)cc(N(c3ccc(-c4ccccc4)cc3)c3ccc(-c4ccccc4)cc3)c1)c1cc(C)ccc1-2. The van der Waals surface area contributed by atoms with Crippen LogP contribution < -0.4 is 9.80 Å². The van der Waals surface area contributed by atoms with E-state index in [0.29, 0.717) is 0 Å². The third-order valence-corrected chi connectivity index (χ3v) is 17.8. The van der Waals surface area contributed by atoms with E-state index in [9.17, 15) is 0 Å². The van der Waals surface area contributed by atoms with Gasteiger partial charge in [-0.3, -0.25) is 0 Å². The lowest BCUT2D eigenvalue weighted by Gasteiger charge is -2.38. The second-order valence-electron chi connectivity index (χ2n) is 23.4. The highest BCUT2D eigenvalue weighted by Gasteiger charge is 2.47. The molecule has 0 heterocycles. The molecule has 0 spiro atoms. The summed E-state index contributed by atoms with van der Waals surface area (Å²) < 4.78 is 0. The van der Waals surface area contributed by atoms with Gasteiger partial charge in [-0.25, -0.2) is 0 Å². The van der Waals surface area contributed by atoms with Gasteiger partial charge in [0.1, 0.15) is 0 Å². The van der Waals surface area contributed by atoms with Crippen LogP contribution in [0.5, 0.6) is 0 Å². The summed E-state index contributed by atoms with van der Waals surface area (Å²) in [6, 6.07) is 130. The maximum atomic E-state index is 2.51. The van der Waals surface area contributed by atoms with Crippen molar-refractivity contribution in [3.63, 3.8) is 0 Å². The molecule has 0 aliphatic heterocycles. The van der Waals surface area contributed by atoms with Gasteiger partial charge < -0.3 is 9.80 Å². The molecule has 2 nitrogen and oxygen atoms in total. The van der Waals surface area contributed by atoms with E-state index in [2.05, 4.69) is 375 Å². The van der Waals surface area contributed by atoms with Crippen LogP contribution in [0.4, 0.5) is 34.1 Å². The van der Waals surface area contributed by atoms with Crippen molar-refractivity contribution in [1.82, 2.24) is 0 Å². The summed E-state index contributed by atoms with van der Waals surface area (Å²) in [4.78, 5) is 4.94. The molecular formula is C87H64N2. The Morgan fingerprint density at radius 2 is 0.438 bits per heavy atom. The van der Waals surface area contributed by atoms with Gasteiger partial charge in [0.25, 0.3) is 0 Å². The summed E-state index contributed by atoms with van der Waals surface area (Å²) in [5.74, 6) is 0. The number of anilines is 6. The maximum absolute atomic E-state index is 2.51. The molecule has 0 N–H and O–H groups in total. The number of fused-ring (bicyclic) bond motifs is 3. The first-order valence-electron chi connectivity index (χ1n) is 30.8. The fourth-order valence-electron chi connectivity index (χ4n) is 13.5. The minimum atomic E-state index is -0.859. The molecule has 0 amide bonds. The Morgan fingerprint density at radius 3 is 0.719 bits per heavy atom. The molecule has 15 rings (SSSR count). The molecular weight excluding hydrogens is 1070 g/mol. The molecule has 0 fully saturated rings. The average Bonchev–Trinajstić information content (AvgIpc) is 1.57. The van der Waals surface area contributed by atoms with E-state index in [1.54, 1.807) is 0 Å². The second-order valence-corrected chi connectivity index (χ2v) is 23.4. The van der Waals surface area contributed by atoms with Gasteiger partial charge in [-0.05, 0) is 199 Å². The number of aryl methyl sites for hydroxylation is 2. The van der Waals surface area contributed by atoms with Gasteiger partial charge in [-0.2, -0.15) is 0 Å². The normalized spacial score (nSPS) is 12.0. The predicted molar refractivity (Wildman–Crippen MR) is 375 cm³/mol. The van der Waals surface area contributed by atoms with Crippen LogP contribution in [0.3, 0.4) is 0 Å². The van der Waals surface area contributed by atoms with Gasteiger partial charge >= 0.3 is 0 Å². The molecule has 0 radical (unpaired) electrons. The lowest BCUT2D eigenvalue weighted by atomic mass is 9.66. The molecule has 89 heavy (non-hydrogen) atoms. The highest BCUT2D eigenvalue weighted by Crippen LogP contribution is 2.59. The third kappa shape index (κ3) is 10.4. The molecule has 14 aromatic carbocycles. The highest BCUT2D eigenvalue weighted by molar-refractivity contribution is 5.92. The first-order valence-corrected chi connectivity index (χ1v) is 30.8. The van der Waals surface area contributed by atoms with Crippen molar-refractivity contribution in [3.8, 4) is 77.9 Å². The Kier molecular flexibility index (Phi) is 14.4. The molecule has 0 atom stereocenters. The van der Waals surface area contributed by atoms with Crippen molar-refractivity contribution >= 4 is 34.1 Å². The zero-order chi connectivity index (χ0) is 59.7. The van der Waals surface area contributed by atoms with E-state index >= 15 is 0 Å². The molecule has 1 aliphatic rings. The summed E-state index contributed by atoms with van der Waals surface area (Å²) in [7, 11) is 0. The minimum absolute atomic E-state index is 0.859. The van der Waals surface area contributed by atoms with Crippen molar-refractivity contribution in [1.29, 1.82) is 0 Å². The molecule has 0 saturated carbocycles. The number of nitrogens with zero attached hydrogens (tertiary/aromatic N) is 2. The summed E-state index contributed by atoms with van der Waals surface area (Å²) >= 11 is 0. The van der Waals surface area contributed by atoms with E-state index < -0.39 is 5.41 Å². The molecule has 14 aromatic rings. The van der Waals surface area contributed by atoms with Crippen molar-refractivity contribution in [2.75, 3.05) is 9.80 Å². The Morgan fingerprint density at radius 1 is 0.191 bits per heavy atom. The van der Waals surface area contributed by atoms with Crippen LogP contribution in [-0.4, -0.2) is 0 Å². The lowest BCUT2D eigenvalue weighted by Crippen LogP contribution is -2.30. The lowest BCUT2D eigenvalue weighted by molar-refractivity contribution is 0.767. The van der Waals surface area contributed by atoms with Gasteiger partial charge in [0, 0.05) is 34.1 Å². The van der Waals surface area contributed by atoms with Gasteiger partial charge in [0.05, 0.1) is 5.41 Å². The topological polar surface area (TPSA) is 6.48 Å². The quantitative estimate of drug-likeness (QED) is 0.107. The molecule has 0 unspecified atom stereocenters. The van der Waals surface area contributed by atoms with Crippen molar-refractivity contribution in [2.45, 2.75) is 19.3 Å². The highest BCUT2D eigenvalue weighted by atomic mass is 15.2. The molecule has 0 bridgehead atoms.